The Morgan fingerprint density at radius 3 is 1.46 bits per heavy atom. The van der Waals surface area contributed by atoms with E-state index in [-0.39, 0.29) is 23.1 Å². The fourth-order valence-electron chi connectivity index (χ4n) is 3.93. The van der Waals surface area contributed by atoms with Gasteiger partial charge in [-0.25, -0.2) is 0 Å². The first-order valence-corrected chi connectivity index (χ1v) is 12.2. The second kappa shape index (κ2) is 11.3. The molecular weight excluding hydrogens is 440 g/mol. The van der Waals surface area contributed by atoms with Gasteiger partial charge in [0.05, 0.1) is 0 Å². The molecule has 0 N–H and O–H groups in total. The van der Waals surface area contributed by atoms with Gasteiger partial charge in [0.1, 0.15) is 11.5 Å². The molecule has 0 saturated heterocycles. The smallest absolute Gasteiger partial charge is 0.310 e. The standard InChI is InChI=1S/C30H34O5/c1-6-27(31)34-25-12-8-20(9-13-25)16-22-18-24(30(3,4)5)19-23(29(22)33)17-21-10-14-26(15-11-21)35-28(32)7-2/h8-17,24H,6-7,18-19H2,1-5H3/b22-16+,23-17+. The van der Waals surface area contributed by atoms with Gasteiger partial charge in [-0.15, -0.1) is 0 Å². The van der Waals surface area contributed by atoms with Crippen LogP contribution in [0.5, 0.6) is 11.5 Å². The molecule has 2 aromatic carbocycles. The Kier molecular flexibility index (Phi) is 8.44. The Morgan fingerprint density at radius 2 is 1.14 bits per heavy atom. The van der Waals surface area contributed by atoms with E-state index in [1.54, 1.807) is 38.1 Å². The van der Waals surface area contributed by atoms with E-state index in [9.17, 15) is 14.4 Å². The second-order valence-corrected chi connectivity index (χ2v) is 9.93. The fraction of sp³-hybridized carbons (Fsp3) is 0.367. The van der Waals surface area contributed by atoms with Crippen LogP contribution in [0.25, 0.3) is 12.2 Å². The molecule has 3 rings (SSSR count). The topological polar surface area (TPSA) is 69.7 Å². The molecule has 0 atom stereocenters. The molecule has 1 aliphatic carbocycles. The van der Waals surface area contributed by atoms with Crippen molar-refractivity contribution in [1.29, 1.82) is 0 Å². The summed E-state index contributed by atoms with van der Waals surface area (Å²) in [5, 5.41) is 0. The zero-order chi connectivity index (χ0) is 25.6. The summed E-state index contributed by atoms with van der Waals surface area (Å²) in [4.78, 5) is 36.5. The lowest BCUT2D eigenvalue weighted by Crippen LogP contribution is -2.29. The van der Waals surface area contributed by atoms with Crippen LogP contribution in [0.2, 0.25) is 0 Å². The maximum Gasteiger partial charge on any atom is 0.310 e. The number of ketones is 1. The molecule has 0 unspecified atom stereocenters. The molecular formula is C30H34O5. The van der Waals surface area contributed by atoms with Gasteiger partial charge in [0.15, 0.2) is 5.78 Å². The number of carbonyl (C=O) groups is 3. The first-order chi connectivity index (χ1) is 16.6. The van der Waals surface area contributed by atoms with Gasteiger partial charge in [-0.1, -0.05) is 58.9 Å². The number of rotatable bonds is 6. The van der Waals surface area contributed by atoms with E-state index >= 15 is 0 Å². The van der Waals surface area contributed by atoms with Gasteiger partial charge in [0.2, 0.25) is 0 Å². The maximum absolute atomic E-state index is 13.4. The van der Waals surface area contributed by atoms with Crippen LogP contribution in [0.4, 0.5) is 0 Å². The summed E-state index contributed by atoms with van der Waals surface area (Å²) in [6.07, 6.45) is 5.92. The van der Waals surface area contributed by atoms with Gasteiger partial charge in [-0.05, 0) is 71.7 Å². The van der Waals surface area contributed by atoms with Gasteiger partial charge in [0.25, 0.3) is 0 Å². The van der Waals surface area contributed by atoms with Crippen LogP contribution >= 0.6 is 0 Å². The third-order valence-corrected chi connectivity index (χ3v) is 6.22. The van der Waals surface area contributed by atoms with E-state index in [1.807, 2.05) is 36.4 Å². The highest BCUT2D eigenvalue weighted by atomic mass is 16.5. The number of benzene rings is 2. The predicted octanol–water partition coefficient (Wildman–Crippen LogP) is 6.81. The Hall–Kier alpha value is -3.47. The summed E-state index contributed by atoms with van der Waals surface area (Å²) in [7, 11) is 0. The van der Waals surface area contributed by atoms with Gasteiger partial charge in [-0.3, -0.25) is 14.4 Å². The van der Waals surface area contributed by atoms with Crippen LogP contribution in [0, 0.1) is 11.3 Å². The zero-order valence-corrected chi connectivity index (χ0v) is 21.2. The number of esters is 2. The molecule has 0 heterocycles. The van der Waals surface area contributed by atoms with Crippen molar-refractivity contribution in [3.05, 3.63) is 70.8 Å². The third kappa shape index (κ3) is 7.25. The van der Waals surface area contributed by atoms with Crippen LogP contribution in [0.1, 0.15) is 71.4 Å². The molecule has 0 spiro atoms. The lowest BCUT2D eigenvalue weighted by atomic mass is 9.68. The minimum Gasteiger partial charge on any atom is -0.427 e. The number of carbonyl (C=O) groups excluding carboxylic acids is 3. The second-order valence-electron chi connectivity index (χ2n) is 9.93. The van der Waals surface area contributed by atoms with E-state index in [1.165, 1.54) is 0 Å². The summed E-state index contributed by atoms with van der Waals surface area (Å²) in [5.74, 6) is 0.793. The van der Waals surface area contributed by atoms with Crippen molar-refractivity contribution in [2.45, 2.75) is 60.3 Å². The highest BCUT2D eigenvalue weighted by Gasteiger charge is 2.34. The lowest BCUT2D eigenvalue weighted by molar-refractivity contribution is -0.134. The zero-order valence-electron chi connectivity index (χ0n) is 21.2. The summed E-state index contributed by atoms with van der Waals surface area (Å²) in [6, 6.07) is 14.4. The van der Waals surface area contributed by atoms with Gasteiger partial charge >= 0.3 is 11.9 Å². The average molecular weight is 475 g/mol. The SMILES string of the molecule is CCC(=O)Oc1ccc(/C=C2\CC(C(C)(C)C)C/C(=C\c3ccc(OC(=O)CC)cc3)C2=O)cc1. The van der Waals surface area contributed by atoms with Crippen LogP contribution < -0.4 is 9.47 Å². The van der Waals surface area contributed by atoms with Gasteiger partial charge < -0.3 is 9.47 Å². The van der Waals surface area contributed by atoms with Crippen LogP contribution in [0.15, 0.2) is 59.7 Å². The van der Waals surface area contributed by atoms with Crippen molar-refractivity contribution >= 4 is 29.9 Å². The molecule has 1 fully saturated rings. The molecule has 5 heteroatoms. The molecule has 5 nitrogen and oxygen atoms in total. The summed E-state index contributed by atoms with van der Waals surface area (Å²) in [6.45, 7) is 10.1. The monoisotopic (exact) mass is 474 g/mol. The number of Topliss-reactive ketones (excluding diaryl/α,β-unsaturated/α-hetero) is 1. The molecule has 1 aliphatic rings. The van der Waals surface area contributed by atoms with E-state index in [0.29, 0.717) is 43.1 Å². The minimum absolute atomic E-state index is 0.0370. The Bertz CT molecular complexity index is 1050. The van der Waals surface area contributed by atoms with Gasteiger partial charge in [-0.2, -0.15) is 0 Å². The number of ether oxygens (including phenoxy) is 2. The number of hydrogen-bond acceptors (Lipinski definition) is 5. The molecule has 0 aliphatic heterocycles. The largest absolute Gasteiger partial charge is 0.427 e. The third-order valence-electron chi connectivity index (χ3n) is 6.22. The first-order valence-electron chi connectivity index (χ1n) is 12.2. The summed E-state index contributed by atoms with van der Waals surface area (Å²) >= 11 is 0. The lowest BCUT2D eigenvalue weighted by Gasteiger charge is -2.35. The Balaban J connectivity index is 1.87. The molecule has 0 amide bonds. The van der Waals surface area contributed by atoms with Crippen molar-refractivity contribution in [3.63, 3.8) is 0 Å². The highest BCUT2D eigenvalue weighted by molar-refractivity contribution is 6.14. The van der Waals surface area contributed by atoms with Crippen LogP contribution in [-0.4, -0.2) is 17.7 Å². The molecule has 1 saturated carbocycles. The molecule has 2 aromatic rings. The number of allylic oxidation sites excluding steroid dienone is 2. The van der Waals surface area contributed by atoms with E-state index in [4.69, 9.17) is 9.47 Å². The summed E-state index contributed by atoms with van der Waals surface area (Å²) in [5.41, 5.74) is 3.36. The molecule has 184 valence electrons. The Labute approximate surface area is 207 Å². The molecule has 0 bridgehead atoms. The van der Waals surface area contributed by atoms with Crippen molar-refractivity contribution < 1.29 is 23.9 Å². The highest BCUT2D eigenvalue weighted by Crippen LogP contribution is 2.42. The maximum atomic E-state index is 13.4. The summed E-state index contributed by atoms with van der Waals surface area (Å²) < 4.78 is 10.5. The first kappa shape index (κ1) is 26.1. The fourth-order valence-corrected chi connectivity index (χ4v) is 3.93. The average Bonchev–Trinajstić information content (AvgIpc) is 2.83. The Morgan fingerprint density at radius 1 is 0.771 bits per heavy atom. The van der Waals surface area contributed by atoms with Crippen molar-refractivity contribution in [2.75, 3.05) is 0 Å². The molecule has 0 aromatic heterocycles. The van der Waals surface area contributed by atoms with Gasteiger partial charge in [0, 0.05) is 24.0 Å². The molecule has 35 heavy (non-hydrogen) atoms. The van der Waals surface area contributed by atoms with Crippen molar-refractivity contribution in [3.8, 4) is 11.5 Å². The van der Waals surface area contributed by atoms with Crippen molar-refractivity contribution in [1.82, 2.24) is 0 Å². The minimum atomic E-state index is -0.280. The van der Waals surface area contributed by atoms with E-state index in [0.717, 1.165) is 22.3 Å². The van der Waals surface area contributed by atoms with Crippen LogP contribution in [0.3, 0.4) is 0 Å². The van der Waals surface area contributed by atoms with Crippen molar-refractivity contribution in [2.24, 2.45) is 11.3 Å². The quantitative estimate of drug-likeness (QED) is 0.261. The normalized spacial score (nSPS) is 18.5. The number of hydrogen-bond donors (Lipinski definition) is 0. The van der Waals surface area contributed by atoms with Crippen LogP contribution in [-0.2, 0) is 14.4 Å². The predicted molar refractivity (Wildman–Crippen MR) is 138 cm³/mol. The molecule has 0 radical (unpaired) electrons. The van der Waals surface area contributed by atoms with E-state index < -0.39 is 0 Å². The van der Waals surface area contributed by atoms with E-state index in [2.05, 4.69) is 20.8 Å².